The van der Waals surface area contributed by atoms with E-state index in [-0.39, 0.29) is 30.3 Å². The molecule has 5 nitrogen and oxygen atoms in total. The van der Waals surface area contributed by atoms with Gasteiger partial charge in [-0.05, 0) is 56.0 Å². The van der Waals surface area contributed by atoms with E-state index < -0.39 is 0 Å². The topological polar surface area (TPSA) is 59.6 Å². The predicted octanol–water partition coefficient (Wildman–Crippen LogP) is 3.05. The zero-order valence-electron chi connectivity index (χ0n) is 16.4. The molecule has 0 radical (unpaired) electrons. The maximum Gasteiger partial charge on any atom is 0.257 e. The molecule has 148 valence electrons. The Hall–Kier alpha value is -1.30. The predicted molar refractivity (Wildman–Crippen MR) is 107 cm³/mol. The highest BCUT2D eigenvalue weighted by molar-refractivity contribution is 5.85. The molecular weight excluding hydrogens is 352 g/mol. The fourth-order valence-electron chi connectivity index (χ4n) is 3.36. The van der Waals surface area contributed by atoms with Crippen LogP contribution in [-0.4, -0.2) is 45.9 Å². The van der Waals surface area contributed by atoms with Crippen LogP contribution in [0.15, 0.2) is 18.2 Å². The van der Waals surface area contributed by atoms with Crippen LogP contribution in [0.4, 0.5) is 0 Å². The highest BCUT2D eigenvalue weighted by atomic mass is 35.5. The van der Waals surface area contributed by atoms with Gasteiger partial charge in [0, 0.05) is 19.1 Å². The van der Waals surface area contributed by atoms with Crippen LogP contribution in [0.2, 0.25) is 0 Å². The van der Waals surface area contributed by atoms with E-state index in [0.29, 0.717) is 19.1 Å². The molecule has 0 saturated carbocycles. The molecule has 6 heteroatoms. The maximum atomic E-state index is 12.3. The average Bonchev–Trinajstić information content (AvgIpc) is 2.59. The van der Waals surface area contributed by atoms with Crippen LogP contribution < -0.4 is 15.4 Å². The molecule has 0 aliphatic carbocycles. The van der Waals surface area contributed by atoms with Gasteiger partial charge in [-0.2, -0.15) is 0 Å². The molecule has 0 aromatic heterocycles. The molecule has 1 aliphatic rings. The fraction of sp³-hybridized carbons (Fsp3) is 0.650. The Labute approximate surface area is 163 Å². The molecule has 1 saturated heterocycles. The summed E-state index contributed by atoms with van der Waals surface area (Å²) >= 11 is 0. The Morgan fingerprint density at radius 2 is 2.00 bits per heavy atom. The van der Waals surface area contributed by atoms with E-state index in [1.165, 1.54) is 0 Å². The standard InChI is InChI=1S/C20H32N2O3.ClH/c1-15(2)17-6-5-16(3)11-18(17)25-12-19(23)22-13-20(14-24-4)7-9-21-10-8-20;/h5-6,11,15,21H,7-10,12-14H2,1-4H3,(H,22,23);1H. The van der Waals surface area contributed by atoms with Gasteiger partial charge in [-0.25, -0.2) is 0 Å². The highest BCUT2D eigenvalue weighted by Gasteiger charge is 2.32. The number of hydrogen-bond donors (Lipinski definition) is 2. The van der Waals surface area contributed by atoms with Crippen LogP contribution in [0.5, 0.6) is 5.75 Å². The lowest BCUT2D eigenvalue weighted by Gasteiger charge is -2.37. The zero-order valence-corrected chi connectivity index (χ0v) is 17.2. The number of nitrogens with one attached hydrogen (secondary N) is 2. The first-order valence-corrected chi connectivity index (χ1v) is 9.15. The molecule has 1 aromatic carbocycles. The quantitative estimate of drug-likeness (QED) is 0.723. The Morgan fingerprint density at radius 3 is 2.62 bits per heavy atom. The van der Waals surface area contributed by atoms with Gasteiger partial charge in [0.05, 0.1) is 6.61 Å². The van der Waals surface area contributed by atoms with E-state index in [0.717, 1.165) is 42.8 Å². The Bertz CT molecular complexity index is 567. The first kappa shape index (κ1) is 22.7. The Balaban J connectivity index is 0.00000338. The highest BCUT2D eigenvalue weighted by Crippen LogP contribution is 2.29. The molecule has 2 N–H and O–H groups in total. The molecule has 1 aromatic rings. The van der Waals surface area contributed by atoms with Crippen LogP contribution in [0.1, 0.15) is 43.7 Å². The summed E-state index contributed by atoms with van der Waals surface area (Å²) in [6, 6.07) is 6.16. The van der Waals surface area contributed by atoms with Gasteiger partial charge in [0.15, 0.2) is 6.61 Å². The molecule has 1 heterocycles. The smallest absolute Gasteiger partial charge is 0.257 e. The number of methoxy groups -OCH3 is 1. The molecular formula is C20H33ClN2O3. The fourth-order valence-corrected chi connectivity index (χ4v) is 3.36. The monoisotopic (exact) mass is 384 g/mol. The Kier molecular flexibility index (Phi) is 9.41. The lowest BCUT2D eigenvalue weighted by Crippen LogP contribution is -2.47. The minimum atomic E-state index is -0.0785. The SMILES string of the molecule is COCC1(CNC(=O)COc2cc(C)ccc2C(C)C)CCNCC1.Cl. The van der Waals surface area contributed by atoms with E-state index >= 15 is 0 Å². The van der Waals surface area contributed by atoms with Crippen molar-refractivity contribution in [1.82, 2.24) is 10.6 Å². The number of piperidine rings is 1. The van der Waals surface area contributed by atoms with E-state index in [1.54, 1.807) is 7.11 Å². The van der Waals surface area contributed by atoms with Gasteiger partial charge in [-0.1, -0.05) is 26.0 Å². The third-order valence-corrected chi connectivity index (χ3v) is 4.93. The minimum Gasteiger partial charge on any atom is -0.483 e. The number of rotatable bonds is 8. The summed E-state index contributed by atoms with van der Waals surface area (Å²) in [7, 11) is 1.72. The van der Waals surface area contributed by atoms with Crippen molar-refractivity contribution >= 4 is 18.3 Å². The summed E-state index contributed by atoms with van der Waals surface area (Å²) in [5, 5.41) is 6.40. The van der Waals surface area contributed by atoms with E-state index in [1.807, 2.05) is 13.0 Å². The number of aryl methyl sites for hydroxylation is 1. The number of carbonyl (C=O) groups is 1. The number of benzene rings is 1. The second-order valence-electron chi connectivity index (χ2n) is 7.44. The van der Waals surface area contributed by atoms with Gasteiger partial charge < -0.3 is 20.1 Å². The maximum absolute atomic E-state index is 12.3. The average molecular weight is 385 g/mol. The summed E-state index contributed by atoms with van der Waals surface area (Å²) in [5.74, 6) is 1.09. The van der Waals surface area contributed by atoms with Gasteiger partial charge in [-0.3, -0.25) is 4.79 Å². The summed E-state index contributed by atoms with van der Waals surface area (Å²) in [6.45, 7) is 9.58. The summed E-state index contributed by atoms with van der Waals surface area (Å²) < 4.78 is 11.2. The van der Waals surface area contributed by atoms with E-state index in [9.17, 15) is 4.79 Å². The van der Waals surface area contributed by atoms with Gasteiger partial charge in [0.25, 0.3) is 5.91 Å². The lowest BCUT2D eigenvalue weighted by atomic mass is 9.79. The van der Waals surface area contributed by atoms with Crippen molar-refractivity contribution in [3.8, 4) is 5.75 Å². The van der Waals surface area contributed by atoms with Crippen LogP contribution in [0.3, 0.4) is 0 Å². The number of carbonyl (C=O) groups excluding carboxylic acids is 1. The number of halogens is 1. The van der Waals surface area contributed by atoms with Crippen molar-refractivity contribution in [3.05, 3.63) is 29.3 Å². The van der Waals surface area contributed by atoms with E-state index in [4.69, 9.17) is 9.47 Å². The number of ether oxygens (including phenoxy) is 2. The van der Waals surface area contributed by atoms with Crippen molar-refractivity contribution in [1.29, 1.82) is 0 Å². The first-order chi connectivity index (χ1) is 12.0. The van der Waals surface area contributed by atoms with E-state index in [2.05, 4.69) is 36.6 Å². The third kappa shape index (κ3) is 6.45. The van der Waals surface area contributed by atoms with Crippen molar-refractivity contribution < 1.29 is 14.3 Å². The van der Waals surface area contributed by atoms with Crippen molar-refractivity contribution in [2.24, 2.45) is 5.41 Å². The molecule has 26 heavy (non-hydrogen) atoms. The molecule has 0 unspecified atom stereocenters. The van der Waals surface area contributed by atoms with Crippen LogP contribution >= 0.6 is 12.4 Å². The summed E-state index contributed by atoms with van der Waals surface area (Å²) in [6.07, 6.45) is 2.02. The third-order valence-electron chi connectivity index (χ3n) is 4.93. The molecule has 1 amide bonds. The second-order valence-corrected chi connectivity index (χ2v) is 7.44. The molecule has 2 rings (SSSR count). The first-order valence-electron chi connectivity index (χ1n) is 9.15. The number of amides is 1. The van der Waals surface area contributed by atoms with Gasteiger partial charge in [-0.15, -0.1) is 12.4 Å². The second kappa shape index (κ2) is 10.8. The normalized spacial score (nSPS) is 16.0. The molecule has 0 bridgehead atoms. The number of hydrogen-bond acceptors (Lipinski definition) is 4. The summed E-state index contributed by atoms with van der Waals surface area (Å²) in [4.78, 5) is 12.3. The van der Waals surface area contributed by atoms with Crippen molar-refractivity contribution in [2.45, 2.75) is 39.5 Å². The lowest BCUT2D eigenvalue weighted by molar-refractivity contribution is -0.124. The van der Waals surface area contributed by atoms with Gasteiger partial charge in [0.2, 0.25) is 0 Å². The van der Waals surface area contributed by atoms with Crippen LogP contribution in [-0.2, 0) is 9.53 Å². The largest absolute Gasteiger partial charge is 0.483 e. The van der Waals surface area contributed by atoms with Crippen molar-refractivity contribution in [2.75, 3.05) is 40.0 Å². The summed E-state index contributed by atoms with van der Waals surface area (Å²) in [5.41, 5.74) is 2.29. The Morgan fingerprint density at radius 1 is 1.31 bits per heavy atom. The zero-order chi connectivity index (χ0) is 18.3. The molecule has 0 atom stereocenters. The van der Waals surface area contributed by atoms with Crippen LogP contribution in [0, 0.1) is 12.3 Å². The minimum absolute atomic E-state index is 0. The molecule has 1 fully saturated rings. The molecule has 0 spiro atoms. The van der Waals surface area contributed by atoms with Crippen LogP contribution in [0.25, 0.3) is 0 Å². The van der Waals surface area contributed by atoms with Gasteiger partial charge in [0.1, 0.15) is 5.75 Å². The molecule has 1 aliphatic heterocycles. The van der Waals surface area contributed by atoms with Crippen molar-refractivity contribution in [3.63, 3.8) is 0 Å². The van der Waals surface area contributed by atoms with Gasteiger partial charge >= 0.3 is 0 Å².